The maximum atomic E-state index is 14.0. The Hall–Kier alpha value is -6.04. The molecule has 2 aliphatic heterocycles. The third-order valence-corrected chi connectivity index (χ3v) is 16.3. The Morgan fingerprint density at radius 1 is 1.01 bits per heavy atom. The number of primary amides is 1. The molecule has 2 N–H and O–H groups in total. The minimum Gasteiger partial charge on any atom is -0.489 e. The first-order valence-electron chi connectivity index (χ1n) is 24.6. The molecule has 4 unspecified atom stereocenters. The van der Waals surface area contributed by atoms with Crippen LogP contribution in [0.25, 0.3) is 0 Å². The molecule has 0 spiro atoms. The normalized spacial score (nSPS) is 28.0. The van der Waals surface area contributed by atoms with Gasteiger partial charge in [-0.1, -0.05) is 75.6 Å². The molecule has 4 aliphatic carbocycles. The summed E-state index contributed by atoms with van der Waals surface area (Å²) in [5.41, 5.74) is 10.5. The van der Waals surface area contributed by atoms with Crippen LogP contribution in [0.4, 0.5) is 5.69 Å². The summed E-state index contributed by atoms with van der Waals surface area (Å²) in [5.74, 6) is 6.81. The van der Waals surface area contributed by atoms with E-state index in [9.17, 15) is 29.2 Å². The van der Waals surface area contributed by atoms with Crippen LogP contribution in [-0.2, 0) is 14.4 Å². The zero-order valence-corrected chi connectivity index (χ0v) is 41.5. The summed E-state index contributed by atoms with van der Waals surface area (Å²) >= 11 is 6.33. The third kappa shape index (κ3) is 9.77. The maximum Gasteiger partial charge on any atom is 0.262 e. The van der Waals surface area contributed by atoms with Crippen molar-refractivity contribution >= 4 is 52.3 Å². The second-order valence-electron chi connectivity index (χ2n) is 21.4. The Morgan fingerprint density at radius 2 is 1.74 bits per heavy atom. The van der Waals surface area contributed by atoms with Crippen LogP contribution in [0.2, 0.25) is 5.02 Å². The van der Waals surface area contributed by atoms with Crippen molar-refractivity contribution in [2.24, 2.45) is 51.1 Å². The fraction of sp³-hybridized carbons (Fsp3) is 0.491. The molecule has 2 aromatic rings. The second kappa shape index (κ2) is 19.8. The van der Waals surface area contributed by atoms with E-state index in [1.807, 2.05) is 25.1 Å². The highest BCUT2D eigenvalue weighted by Crippen LogP contribution is 2.63. The van der Waals surface area contributed by atoms with Crippen molar-refractivity contribution in [2.45, 2.75) is 130 Å². The Bertz CT molecular complexity index is 2700. The number of nitrogens with two attached hydrogens (primary N) is 1. The molecule has 3 saturated carbocycles. The molecule has 69 heavy (non-hydrogen) atoms. The van der Waals surface area contributed by atoms with Gasteiger partial charge in [-0.15, -0.1) is 0 Å². The molecular weight excluding hydrogens is 886 g/mol. The predicted molar refractivity (Wildman–Crippen MR) is 268 cm³/mol. The van der Waals surface area contributed by atoms with E-state index < -0.39 is 23.8 Å². The molecule has 2 heterocycles. The number of imide groups is 1. The monoisotopic (exact) mass is 949 g/mol. The molecule has 0 radical (unpaired) electrons. The van der Waals surface area contributed by atoms with Gasteiger partial charge >= 0.3 is 0 Å². The largest absolute Gasteiger partial charge is 0.489 e. The van der Waals surface area contributed by atoms with Crippen molar-refractivity contribution in [2.75, 3.05) is 11.4 Å². The number of amides is 3. The van der Waals surface area contributed by atoms with Gasteiger partial charge in [-0.05, 0) is 132 Å². The van der Waals surface area contributed by atoms with Gasteiger partial charge in [0, 0.05) is 65.4 Å². The first-order valence-corrected chi connectivity index (χ1v) is 25.0. The van der Waals surface area contributed by atoms with Crippen LogP contribution in [0.1, 0.15) is 138 Å². The molecule has 4 atom stereocenters. The van der Waals surface area contributed by atoms with E-state index in [0.717, 1.165) is 67.8 Å². The van der Waals surface area contributed by atoms with Gasteiger partial charge in [-0.3, -0.25) is 24.1 Å². The van der Waals surface area contributed by atoms with Crippen LogP contribution in [0.3, 0.4) is 0 Å². The first-order chi connectivity index (χ1) is 32.8. The predicted octanol–water partition coefficient (Wildman–Crippen LogP) is 10.3. The maximum absolute atomic E-state index is 14.0. The number of nitrogens with zero attached hydrogens (tertiary/aromatic N) is 4. The number of halogens is 1. The molecule has 12 heteroatoms. The Morgan fingerprint density at radius 3 is 2.39 bits per heavy atom. The molecule has 360 valence electrons. The van der Waals surface area contributed by atoms with Gasteiger partial charge in [0.1, 0.15) is 35.5 Å². The summed E-state index contributed by atoms with van der Waals surface area (Å²) in [6, 6.07) is 11.8. The van der Waals surface area contributed by atoms with Gasteiger partial charge in [0.05, 0.1) is 27.4 Å². The van der Waals surface area contributed by atoms with Crippen molar-refractivity contribution in [1.82, 2.24) is 4.90 Å². The number of ether oxygens (including phenoxy) is 1. The molecule has 3 amide bonds. The summed E-state index contributed by atoms with van der Waals surface area (Å²) < 4.78 is 6.53. The number of Topliss-reactive ketones (excluding diaryl/α,β-unsaturated/α-hetero) is 2. The van der Waals surface area contributed by atoms with Crippen molar-refractivity contribution in [1.29, 1.82) is 5.26 Å². The Kier molecular flexibility index (Phi) is 14.1. The SMILES string of the molecule is C=C/C(C#CC1CCC(/C=C2/CC3CC(C2)N(c2ccc4c(c2)C(=O)N(C(CCC(C)=O)C(N)=O)C4=O)C3)CC1)=N\C1=C(/C=C/C)C(=O)C(C[C@H]2C(C)(C)[C@H](Oc3ccc(C#N)c(Cl)c3)C2(C)C)C1. The highest BCUT2D eigenvalue weighted by molar-refractivity contribution is 6.31. The van der Waals surface area contributed by atoms with Gasteiger partial charge in [-0.25, -0.2) is 4.99 Å². The number of nitriles is 1. The minimum absolute atomic E-state index is 0.00934. The molecule has 11 nitrogen and oxygen atoms in total. The van der Waals surface area contributed by atoms with Gasteiger partial charge in [0.25, 0.3) is 11.8 Å². The summed E-state index contributed by atoms with van der Waals surface area (Å²) in [7, 11) is 0. The van der Waals surface area contributed by atoms with Crippen LogP contribution >= 0.6 is 11.6 Å². The summed E-state index contributed by atoms with van der Waals surface area (Å²) in [6.07, 6.45) is 16.4. The Balaban J connectivity index is 0.862. The van der Waals surface area contributed by atoms with E-state index in [1.54, 1.807) is 36.4 Å². The number of carbonyl (C=O) groups excluding carboxylic acids is 5. The molecule has 1 saturated heterocycles. The number of rotatable bonds is 14. The number of allylic oxidation sites excluding steroid dienone is 6. The van der Waals surface area contributed by atoms with Gasteiger partial charge in [-0.2, -0.15) is 5.26 Å². The number of hydrogen-bond donors (Lipinski definition) is 1. The number of hydrogen-bond acceptors (Lipinski definition) is 9. The number of carbonyl (C=O) groups is 5. The van der Waals surface area contributed by atoms with Crippen molar-refractivity contribution in [3.05, 3.63) is 106 Å². The zero-order valence-electron chi connectivity index (χ0n) is 40.8. The molecular formula is C57H64ClN5O6. The van der Waals surface area contributed by atoms with E-state index in [0.29, 0.717) is 58.3 Å². The molecule has 4 fully saturated rings. The number of aliphatic imine (C=N–C) groups is 1. The van der Waals surface area contributed by atoms with Crippen LogP contribution in [0.5, 0.6) is 5.75 Å². The quantitative estimate of drug-likeness (QED) is 0.0847. The van der Waals surface area contributed by atoms with E-state index in [4.69, 9.17) is 27.1 Å². The number of ketones is 2. The smallest absolute Gasteiger partial charge is 0.262 e. The summed E-state index contributed by atoms with van der Waals surface area (Å²) in [5, 5.41) is 9.68. The highest BCUT2D eigenvalue weighted by Gasteiger charge is 2.64. The molecule has 6 aliphatic rings. The van der Waals surface area contributed by atoms with E-state index in [-0.39, 0.29) is 70.2 Å². The fourth-order valence-electron chi connectivity index (χ4n) is 12.8. The molecule has 0 aromatic heterocycles. The second-order valence-corrected chi connectivity index (χ2v) is 21.8. The molecule has 2 aromatic carbocycles. The van der Waals surface area contributed by atoms with Crippen LogP contribution in [0, 0.1) is 63.6 Å². The van der Waals surface area contributed by atoms with Crippen molar-refractivity contribution in [3.63, 3.8) is 0 Å². The zero-order chi connectivity index (χ0) is 49.5. The van der Waals surface area contributed by atoms with Crippen molar-refractivity contribution in [3.8, 4) is 23.7 Å². The molecule has 8 rings (SSSR count). The van der Waals surface area contributed by atoms with E-state index in [2.05, 4.69) is 63.2 Å². The first kappa shape index (κ1) is 49.4. The van der Waals surface area contributed by atoms with Gasteiger partial charge < -0.3 is 20.2 Å². The third-order valence-electron chi connectivity index (χ3n) is 16.0. The summed E-state index contributed by atoms with van der Waals surface area (Å²) in [4.78, 5) is 73.2. The van der Waals surface area contributed by atoms with Gasteiger partial charge in [0.15, 0.2) is 5.78 Å². The lowest BCUT2D eigenvalue weighted by Gasteiger charge is -2.64. The number of benzene rings is 2. The van der Waals surface area contributed by atoms with Crippen LogP contribution < -0.4 is 15.4 Å². The average Bonchev–Trinajstić information content (AvgIpc) is 3.87. The minimum atomic E-state index is -1.17. The number of anilines is 1. The van der Waals surface area contributed by atoms with Gasteiger partial charge in [0.2, 0.25) is 5.91 Å². The number of fused-ring (bicyclic) bond motifs is 3. The van der Waals surface area contributed by atoms with Crippen molar-refractivity contribution < 1.29 is 28.7 Å². The van der Waals surface area contributed by atoms with E-state index >= 15 is 0 Å². The topological polar surface area (TPSA) is 163 Å². The fourth-order valence-corrected chi connectivity index (χ4v) is 13.1. The van der Waals surface area contributed by atoms with Crippen LogP contribution in [-0.4, -0.2) is 64.6 Å². The lowest BCUT2D eigenvalue weighted by atomic mass is 9.44. The standard InChI is InChI=1S/C57H64ClN5O6/c1-8-10-45-48(27-39(51(45)65)28-50-56(4,5)55(57(50,6)7)69-43-20-17-38(31-59)47(58)30-43)61-40(9-2)18-16-34-12-14-35(15-13-34)23-36-24-37-26-42(25-36)62(32-37)41-19-21-44-46(29-41)54(68)63(53(44)67)49(52(60)66)22-11-33(3)64/h8-10,17,19-21,23,29-30,34-35,37,39,42,49-50,55H,2,11-15,22,24-28,32H2,1,3-7H3,(H2,60,66)/b10-8+,36-23-,61-40+/t34?,35?,37?,39?,42?,49?,50-,55-. The van der Waals surface area contributed by atoms with Crippen LogP contribution in [0.15, 0.2) is 89.1 Å². The lowest BCUT2D eigenvalue weighted by Crippen LogP contribution is -2.66. The summed E-state index contributed by atoms with van der Waals surface area (Å²) in [6.45, 7) is 17.1. The molecule has 2 bridgehead atoms. The lowest BCUT2D eigenvalue weighted by molar-refractivity contribution is -0.204. The average molecular weight is 951 g/mol. The highest BCUT2D eigenvalue weighted by atomic mass is 35.5. The Labute approximate surface area is 411 Å². The van der Waals surface area contributed by atoms with E-state index in [1.165, 1.54) is 12.5 Å².